The first-order valence-corrected chi connectivity index (χ1v) is 12.3. The topological polar surface area (TPSA) is 113 Å². The summed E-state index contributed by atoms with van der Waals surface area (Å²) in [5.41, 5.74) is 6.83. The van der Waals surface area contributed by atoms with Gasteiger partial charge in [0.2, 0.25) is 0 Å². The van der Waals surface area contributed by atoms with E-state index in [0.29, 0.717) is 36.9 Å². The zero-order valence-electron chi connectivity index (χ0n) is 19.9. The molecule has 8 nitrogen and oxygen atoms in total. The molecule has 4 rings (SSSR count). The van der Waals surface area contributed by atoms with Gasteiger partial charge in [-0.25, -0.2) is 9.79 Å². The zero-order valence-corrected chi connectivity index (χ0v) is 21.4. The van der Waals surface area contributed by atoms with Gasteiger partial charge in [-0.3, -0.25) is 14.2 Å². The molecule has 10 heteroatoms. The van der Waals surface area contributed by atoms with Gasteiger partial charge in [0, 0.05) is 5.02 Å². The molecule has 0 saturated heterocycles. The lowest BCUT2D eigenvalue weighted by atomic mass is 9.96. The second-order valence-corrected chi connectivity index (χ2v) is 9.80. The van der Waals surface area contributed by atoms with Crippen LogP contribution in [0.4, 0.5) is 0 Å². The Kier molecular flexibility index (Phi) is 7.42. The normalized spacial score (nSPS) is 15.5. The predicted molar refractivity (Wildman–Crippen MR) is 138 cm³/mol. The highest BCUT2D eigenvalue weighted by Crippen LogP contribution is 2.34. The fourth-order valence-electron chi connectivity index (χ4n) is 3.85. The van der Waals surface area contributed by atoms with Gasteiger partial charge in [-0.2, -0.15) is 0 Å². The van der Waals surface area contributed by atoms with Crippen LogP contribution in [0.2, 0.25) is 5.02 Å². The summed E-state index contributed by atoms with van der Waals surface area (Å²) in [7, 11) is 0. The maximum atomic E-state index is 13.7. The number of rotatable bonds is 7. The highest BCUT2D eigenvalue weighted by atomic mass is 35.5. The number of fused-ring (bicyclic) bond motifs is 1. The summed E-state index contributed by atoms with van der Waals surface area (Å²) in [4.78, 5) is 42.9. The molecule has 186 valence electrons. The number of carbonyl (C=O) groups excluding carboxylic acids is 2. The average molecular weight is 526 g/mol. The Morgan fingerprint density at radius 1 is 1.22 bits per heavy atom. The Hall–Kier alpha value is -3.69. The predicted octanol–water partition coefficient (Wildman–Crippen LogP) is 2.70. The van der Waals surface area contributed by atoms with Crippen LogP contribution in [0, 0.1) is 0 Å². The van der Waals surface area contributed by atoms with E-state index in [1.165, 1.54) is 15.9 Å². The SMILES string of the molecule is CC1=C(C(=O)OC(C)C)C(c2ccccc2Cl)n2c(sc(=Cc3cccc(OCC(N)=O)c3)c2=O)=N1. The van der Waals surface area contributed by atoms with Crippen LogP contribution in [-0.4, -0.2) is 29.2 Å². The molecule has 1 unspecified atom stereocenters. The van der Waals surface area contributed by atoms with Gasteiger partial charge < -0.3 is 15.2 Å². The average Bonchev–Trinajstić information content (AvgIpc) is 3.11. The number of halogens is 1. The van der Waals surface area contributed by atoms with Crippen LogP contribution in [0.1, 0.15) is 37.9 Å². The molecule has 1 aliphatic rings. The van der Waals surface area contributed by atoms with Crippen molar-refractivity contribution in [3.63, 3.8) is 0 Å². The van der Waals surface area contributed by atoms with Gasteiger partial charge >= 0.3 is 5.97 Å². The van der Waals surface area contributed by atoms with Crippen molar-refractivity contribution < 1.29 is 19.1 Å². The van der Waals surface area contributed by atoms with Crippen LogP contribution >= 0.6 is 22.9 Å². The molecule has 3 aromatic rings. The van der Waals surface area contributed by atoms with Crippen molar-refractivity contribution in [3.8, 4) is 5.75 Å². The maximum Gasteiger partial charge on any atom is 0.338 e. The summed E-state index contributed by atoms with van der Waals surface area (Å²) in [5.74, 6) is -0.695. The first-order valence-electron chi connectivity index (χ1n) is 11.1. The molecular formula is C26H24ClN3O5S. The van der Waals surface area contributed by atoms with Crippen molar-refractivity contribution >= 4 is 40.9 Å². The largest absolute Gasteiger partial charge is 0.484 e. The molecular weight excluding hydrogens is 502 g/mol. The lowest BCUT2D eigenvalue weighted by Gasteiger charge is -2.26. The lowest BCUT2D eigenvalue weighted by molar-refractivity contribution is -0.143. The molecule has 1 aliphatic heterocycles. The van der Waals surface area contributed by atoms with Crippen molar-refractivity contribution in [1.29, 1.82) is 0 Å². The van der Waals surface area contributed by atoms with Crippen molar-refractivity contribution in [2.45, 2.75) is 32.9 Å². The van der Waals surface area contributed by atoms with E-state index < -0.39 is 17.9 Å². The van der Waals surface area contributed by atoms with Crippen molar-refractivity contribution in [2.75, 3.05) is 6.61 Å². The summed E-state index contributed by atoms with van der Waals surface area (Å²) < 4.78 is 12.7. The van der Waals surface area contributed by atoms with Gasteiger partial charge in [0.15, 0.2) is 11.4 Å². The number of nitrogens with two attached hydrogens (primary N) is 1. The van der Waals surface area contributed by atoms with E-state index in [9.17, 15) is 14.4 Å². The van der Waals surface area contributed by atoms with Gasteiger partial charge in [0.1, 0.15) is 11.8 Å². The Balaban J connectivity index is 1.87. The minimum absolute atomic E-state index is 0.252. The van der Waals surface area contributed by atoms with E-state index in [-0.39, 0.29) is 23.8 Å². The smallest absolute Gasteiger partial charge is 0.338 e. The van der Waals surface area contributed by atoms with E-state index in [2.05, 4.69) is 4.99 Å². The van der Waals surface area contributed by atoms with E-state index in [0.717, 1.165) is 0 Å². The minimum Gasteiger partial charge on any atom is -0.484 e. The van der Waals surface area contributed by atoms with E-state index in [1.54, 1.807) is 75.4 Å². The Bertz CT molecular complexity index is 1550. The Morgan fingerprint density at radius 2 is 1.97 bits per heavy atom. The van der Waals surface area contributed by atoms with Crippen LogP contribution < -0.4 is 25.4 Å². The number of hydrogen-bond donors (Lipinski definition) is 1. The van der Waals surface area contributed by atoms with Gasteiger partial charge in [-0.05, 0) is 56.2 Å². The number of esters is 1. The maximum absolute atomic E-state index is 13.7. The summed E-state index contributed by atoms with van der Waals surface area (Å²) in [6, 6.07) is 13.2. The molecule has 0 radical (unpaired) electrons. The third kappa shape index (κ3) is 5.27. The summed E-state index contributed by atoms with van der Waals surface area (Å²) in [5, 5.41) is 0.418. The van der Waals surface area contributed by atoms with E-state index in [1.807, 2.05) is 0 Å². The number of thiazole rings is 1. The third-order valence-electron chi connectivity index (χ3n) is 5.32. The van der Waals surface area contributed by atoms with Crippen LogP contribution in [0.5, 0.6) is 5.75 Å². The number of benzene rings is 2. The summed E-state index contributed by atoms with van der Waals surface area (Å²) in [6.45, 7) is 4.99. The van der Waals surface area contributed by atoms with Crippen molar-refractivity contribution in [2.24, 2.45) is 10.7 Å². The molecule has 36 heavy (non-hydrogen) atoms. The van der Waals surface area contributed by atoms with Gasteiger partial charge in [-0.15, -0.1) is 0 Å². The monoisotopic (exact) mass is 525 g/mol. The van der Waals surface area contributed by atoms with Crippen LogP contribution in [-0.2, 0) is 14.3 Å². The Labute approximate surface area is 215 Å². The summed E-state index contributed by atoms with van der Waals surface area (Å²) >= 11 is 7.73. The number of ether oxygens (including phenoxy) is 2. The lowest BCUT2D eigenvalue weighted by Crippen LogP contribution is -2.40. The molecule has 0 spiro atoms. The molecule has 2 N–H and O–H groups in total. The molecule has 0 aliphatic carbocycles. The quantitative estimate of drug-likeness (QED) is 0.476. The van der Waals surface area contributed by atoms with Gasteiger partial charge in [0.05, 0.1) is 21.9 Å². The molecule has 1 amide bonds. The second kappa shape index (κ2) is 10.5. The molecule has 0 saturated carbocycles. The number of nitrogens with zero attached hydrogens (tertiary/aromatic N) is 2. The molecule has 0 fully saturated rings. The van der Waals surface area contributed by atoms with E-state index >= 15 is 0 Å². The van der Waals surface area contributed by atoms with Crippen molar-refractivity contribution in [1.82, 2.24) is 4.57 Å². The number of hydrogen-bond acceptors (Lipinski definition) is 7. The standard InChI is InChI=1S/C26H24ClN3O5S/c1-14(2)35-25(33)22-15(3)29-26-30(23(22)18-9-4-5-10-19(18)27)24(32)20(36-26)12-16-7-6-8-17(11-16)34-13-21(28)31/h4-12,14,23H,13H2,1-3H3,(H2,28,31). The first kappa shape index (κ1) is 25.4. The van der Waals surface area contributed by atoms with Gasteiger partial charge in [-0.1, -0.05) is 53.3 Å². The molecule has 1 aromatic heterocycles. The number of amides is 1. The first-order chi connectivity index (χ1) is 17.2. The number of primary amides is 1. The molecule has 2 aromatic carbocycles. The molecule has 2 heterocycles. The van der Waals surface area contributed by atoms with E-state index in [4.69, 9.17) is 26.8 Å². The van der Waals surface area contributed by atoms with Gasteiger partial charge in [0.25, 0.3) is 11.5 Å². The molecule has 0 bridgehead atoms. The summed E-state index contributed by atoms with van der Waals surface area (Å²) in [6.07, 6.45) is 1.36. The third-order valence-corrected chi connectivity index (χ3v) is 6.65. The minimum atomic E-state index is -0.798. The fraction of sp³-hybridized carbons (Fsp3) is 0.231. The van der Waals surface area contributed by atoms with Crippen LogP contribution in [0.25, 0.3) is 6.08 Å². The number of allylic oxidation sites excluding steroid dienone is 1. The van der Waals surface area contributed by atoms with Crippen LogP contribution in [0.15, 0.2) is 69.6 Å². The highest BCUT2D eigenvalue weighted by Gasteiger charge is 2.34. The fourth-order valence-corrected chi connectivity index (χ4v) is 5.14. The molecule has 1 atom stereocenters. The zero-order chi connectivity index (χ0) is 26.0. The second-order valence-electron chi connectivity index (χ2n) is 8.38. The number of carbonyl (C=O) groups is 2. The highest BCUT2D eigenvalue weighted by molar-refractivity contribution is 7.07. The van der Waals surface area contributed by atoms with Crippen LogP contribution in [0.3, 0.4) is 0 Å². The Morgan fingerprint density at radius 3 is 2.67 bits per heavy atom. The van der Waals surface area contributed by atoms with Crippen molar-refractivity contribution in [3.05, 3.63) is 95.6 Å². The number of aromatic nitrogens is 1.